The molecule has 0 aliphatic carbocycles. The van der Waals surface area contributed by atoms with Crippen LogP contribution in [-0.2, 0) is 0 Å². The Kier molecular flexibility index (Phi) is 3.78. The van der Waals surface area contributed by atoms with Crippen LogP contribution in [0.25, 0.3) is 0 Å². The van der Waals surface area contributed by atoms with Crippen molar-refractivity contribution in [2.75, 3.05) is 4.90 Å². The minimum atomic E-state index is 0.894. The molecule has 0 fully saturated rings. The summed E-state index contributed by atoms with van der Waals surface area (Å²) in [4.78, 5) is 6.55. The lowest BCUT2D eigenvalue weighted by Crippen LogP contribution is -2.17. The molecule has 0 saturated heterocycles. The summed E-state index contributed by atoms with van der Waals surface area (Å²) in [6, 6.07) is 14.2. The second kappa shape index (κ2) is 5.50. The first-order valence-electron chi connectivity index (χ1n) is 6.18. The summed E-state index contributed by atoms with van der Waals surface area (Å²) < 4.78 is 0. The molecule has 1 aromatic heterocycles. The molecule has 2 heteroatoms. The van der Waals surface area contributed by atoms with Gasteiger partial charge in [0, 0.05) is 11.9 Å². The fourth-order valence-electron chi connectivity index (χ4n) is 1.91. The lowest BCUT2D eigenvalue weighted by atomic mass is 10.1. The summed E-state index contributed by atoms with van der Waals surface area (Å²) in [7, 11) is 0. The highest BCUT2D eigenvalue weighted by molar-refractivity contribution is 5.67. The Balaban J connectivity index is 2.51. The molecule has 0 saturated carbocycles. The van der Waals surface area contributed by atoms with E-state index in [4.69, 9.17) is 0 Å². The fraction of sp³-hybridized carbons (Fsp3) is 0.188. The van der Waals surface area contributed by atoms with Crippen LogP contribution in [0.15, 0.2) is 60.9 Å². The Hall–Kier alpha value is -2.09. The smallest absolute Gasteiger partial charge is 0.137 e. The summed E-state index contributed by atoms with van der Waals surface area (Å²) >= 11 is 0. The monoisotopic (exact) mass is 238 g/mol. The molecule has 0 amide bonds. The summed E-state index contributed by atoms with van der Waals surface area (Å²) in [6.45, 7) is 8.37. The SMILES string of the molecule is C=C(CC)N(c1ccccn1)c1ccccc1C. The highest BCUT2D eigenvalue weighted by atomic mass is 15.2. The van der Waals surface area contributed by atoms with Gasteiger partial charge in [-0.2, -0.15) is 0 Å². The van der Waals surface area contributed by atoms with Crippen molar-refractivity contribution in [3.05, 3.63) is 66.5 Å². The number of rotatable bonds is 4. The topological polar surface area (TPSA) is 16.1 Å². The molecule has 2 rings (SSSR count). The molecule has 1 heterocycles. The van der Waals surface area contributed by atoms with E-state index in [-0.39, 0.29) is 0 Å². The Labute approximate surface area is 109 Å². The molecule has 92 valence electrons. The van der Waals surface area contributed by atoms with Crippen LogP contribution in [0.5, 0.6) is 0 Å². The zero-order valence-corrected chi connectivity index (χ0v) is 10.9. The summed E-state index contributed by atoms with van der Waals surface area (Å²) in [5, 5.41) is 0. The molecule has 0 aliphatic heterocycles. The predicted octanol–water partition coefficient (Wildman–Crippen LogP) is 4.45. The van der Waals surface area contributed by atoms with E-state index in [2.05, 4.69) is 42.4 Å². The van der Waals surface area contributed by atoms with Crippen LogP contribution in [0, 0.1) is 6.92 Å². The zero-order chi connectivity index (χ0) is 13.0. The van der Waals surface area contributed by atoms with E-state index in [1.807, 2.05) is 36.5 Å². The predicted molar refractivity (Wildman–Crippen MR) is 77.0 cm³/mol. The Morgan fingerprint density at radius 2 is 1.89 bits per heavy atom. The number of aryl methyl sites for hydroxylation is 1. The van der Waals surface area contributed by atoms with E-state index < -0.39 is 0 Å². The lowest BCUT2D eigenvalue weighted by Gasteiger charge is -2.26. The van der Waals surface area contributed by atoms with Gasteiger partial charge in [0.05, 0.1) is 5.69 Å². The van der Waals surface area contributed by atoms with Crippen molar-refractivity contribution >= 4 is 11.5 Å². The second-order valence-electron chi connectivity index (χ2n) is 4.23. The van der Waals surface area contributed by atoms with Crippen LogP contribution >= 0.6 is 0 Å². The van der Waals surface area contributed by atoms with Crippen molar-refractivity contribution < 1.29 is 0 Å². The summed E-state index contributed by atoms with van der Waals surface area (Å²) in [5.41, 5.74) is 3.41. The van der Waals surface area contributed by atoms with Crippen molar-refractivity contribution in [3.63, 3.8) is 0 Å². The number of pyridine rings is 1. The first-order valence-corrected chi connectivity index (χ1v) is 6.18. The fourth-order valence-corrected chi connectivity index (χ4v) is 1.91. The maximum absolute atomic E-state index is 4.43. The van der Waals surface area contributed by atoms with Gasteiger partial charge in [0.1, 0.15) is 5.82 Å². The van der Waals surface area contributed by atoms with Gasteiger partial charge in [-0.1, -0.05) is 37.8 Å². The maximum atomic E-state index is 4.43. The van der Waals surface area contributed by atoms with E-state index in [0.29, 0.717) is 0 Å². The quantitative estimate of drug-likeness (QED) is 0.782. The van der Waals surface area contributed by atoms with Crippen LogP contribution in [0.2, 0.25) is 0 Å². The number of para-hydroxylation sites is 1. The number of aromatic nitrogens is 1. The van der Waals surface area contributed by atoms with Gasteiger partial charge < -0.3 is 0 Å². The van der Waals surface area contributed by atoms with Crippen LogP contribution in [0.1, 0.15) is 18.9 Å². The van der Waals surface area contributed by atoms with E-state index in [1.54, 1.807) is 0 Å². The molecule has 0 atom stereocenters. The lowest BCUT2D eigenvalue weighted by molar-refractivity contribution is 0.994. The normalized spacial score (nSPS) is 10.1. The first-order chi connectivity index (χ1) is 8.74. The highest BCUT2D eigenvalue weighted by Gasteiger charge is 2.14. The Morgan fingerprint density at radius 1 is 1.17 bits per heavy atom. The number of benzene rings is 1. The van der Waals surface area contributed by atoms with E-state index in [0.717, 1.165) is 23.6 Å². The third-order valence-electron chi connectivity index (χ3n) is 2.96. The Morgan fingerprint density at radius 3 is 2.50 bits per heavy atom. The van der Waals surface area contributed by atoms with Gasteiger partial charge in [-0.3, -0.25) is 4.90 Å². The van der Waals surface area contributed by atoms with E-state index in [1.165, 1.54) is 5.56 Å². The minimum absolute atomic E-state index is 0.894. The molecule has 0 spiro atoms. The van der Waals surface area contributed by atoms with Crippen molar-refractivity contribution in [2.45, 2.75) is 20.3 Å². The summed E-state index contributed by atoms with van der Waals surface area (Å²) in [6.07, 6.45) is 2.70. The van der Waals surface area contributed by atoms with Crippen molar-refractivity contribution in [2.24, 2.45) is 0 Å². The summed E-state index contributed by atoms with van der Waals surface area (Å²) in [5.74, 6) is 0.915. The average Bonchev–Trinajstić information content (AvgIpc) is 2.42. The molecule has 0 radical (unpaired) electrons. The molecule has 0 aliphatic rings. The zero-order valence-electron chi connectivity index (χ0n) is 10.9. The van der Waals surface area contributed by atoms with Crippen LogP contribution in [-0.4, -0.2) is 4.98 Å². The molecule has 1 aromatic carbocycles. The third kappa shape index (κ3) is 2.43. The largest absolute Gasteiger partial charge is 0.299 e. The van der Waals surface area contributed by atoms with Crippen LogP contribution < -0.4 is 4.90 Å². The molecule has 2 nitrogen and oxygen atoms in total. The van der Waals surface area contributed by atoms with Gasteiger partial charge in [0.2, 0.25) is 0 Å². The second-order valence-corrected chi connectivity index (χ2v) is 4.23. The number of anilines is 2. The van der Waals surface area contributed by atoms with Gasteiger partial charge in [-0.05, 0) is 37.1 Å². The minimum Gasteiger partial charge on any atom is -0.299 e. The Bertz CT molecular complexity index is 532. The molecular formula is C16H18N2. The van der Waals surface area contributed by atoms with Crippen molar-refractivity contribution in [1.82, 2.24) is 4.98 Å². The van der Waals surface area contributed by atoms with Gasteiger partial charge in [0.15, 0.2) is 0 Å². The third-order valence-corrected chi connectivity index (χ3v) is 2.96. The molecule has 0 bridgehead atoms. The highest BCUT2D eigenvalue weighted by Crippen LogP contribution is 2.30. The number of nitrogens with zero attached hydrogens (tertiary/aromatic N) is 2. The molecule has 18 heavy (non-hydrogen) atoms. The molecule has 0 N–H and O–H groups in total. The average molecular weight is 238 g/mol. The number of allylic oxidation sites excluding steroid dienone is 1. The van der Waals surface area contributed by atoms with Crippen molar-refractivity contribution in [3.8, 4) is 0 Å². The van der Waals surface area contributed by atoms with Gasteiger partial charge in [-0.25, -0.2) is 4.98 Å². The molecule has 0 unspecified atom stereocenters. The molecular weight excluding hydrogens is 220 g/mol. The maximum Gasteiger partial charge on any atom is 0.137 e. The first kappa shape index (κ1) is 12.4. The van der Waals surface area contributed by atoms with E-state index >= 15 is 0 Å². The van der Waals surface area contributed by atoms with Crippen LogP contribution in [0.4, 0.5) is 11.5 Å². The number of hydrogen-bond donors (Lipinski definition) is 0. The molecule has 2 aromatic rings. The van der Waals surface area contributed by atoms with Gasteiger partial charge >= 0.3 is 0 Å². The van der Waals surface area contributed by atoms with Gasteiger partial charge in [0.25, 0.3) is 0 Å². The number of hydrogen-bond acceptors (Lipinski definition) is 2. The van der Waals surface area contributed by atoms with E-state index in [9.17, 15) is 0 Å². The van der Waals surface area contributed by atoms with Gasteiger partial charge in [-0.15, -0.1) is 0 Å². The van der Waals surface area contributed by atoms with Crippen molar-refractivity contribution in [1.29, 1.82) is 0 Å². The van der Waals surface area contributed by atoms with Crippen LogP contribution in [0.3, 0.4) is 0 Å². The standard InChI is InChI=1S/C16H18N2/c1-4-14(3)18(16-11-7-8-12-17-16)15-10-6-5-9-13(15)2/h5-12H,3-4H2,1-2H3.